The molecule has 1 N–H and O–H groups in total. The standard InChI is InChI=1S/C17H24N2O2/c1-13(15-4-6-16(21-3)7-5-15)10-17(20)19-9-8-14(12-19)11-18-2/h4-7,10,14,18H,8-9,11-12H2,1-3H3. The van der Waals surface area contributed by atoms with Gasteiger partial charge in [-0.05, 0) is 56.1 Å². The highest BCUT2D eigenvalue weighted by molar-refractivity contribution is 5.95. The summed E-state index contributed by atoms with van der Waals surface area (Å²) in [7, 11) is 3.61. The maximum absolute atomic E-state index is 12.3. The molecule has 0 spiro atoms. The Labute approximate surface area is 126 Å². The van der Waals surface area contributed by atoms with E-state index in [9.17, 15) is 4.79 Å². The van der Waals surface area contributed by atoms with Crippen molar-refractivity contribution in [2.24, 2.45) is 5.92 Å². The number of nitrogens with one attached hydrogen (secondary N) is 1. The summed E-state index contributed by atoms with van der Waals surface area (Å²) in [4.78, 5) is 14.2. The predicted molar refractivity (Wildman–Crippen MR) is 85.3 cm³/mol. The molecule has 1 heterocycles. The van der Waals surface area contributed by atoms with Gasteiger partial charge in [0.2, 0.25) is 5.91 Å². The number of nitrogens with zero attached hydrogens (tertiary/aromatic N) is 1. The van der Waals surface area contributed by atoms with Crippen molar-refractivity contribution in [2.75, 3.05) is 33.8 Å². The van der Waals surface area contributed by atoms with Gasteiger partial charge in [-0.15, -0.1) is 0 Å². The van der Waals surface area contributed by atoms with Crippen molar-refractivity contribution in [3.8, 4) is 5.75 Å². The van der Waals surface area contributed by atoms with E-state index in [2.05, 4.69) is 5.32 Å². The molecule has 1 aromatic rings. The number of hydrogen-bond donors (Lipinski definition) is 1. The van der Waals surface area contributed by atoms with E-state index in [0.29, 0.717) is 5.92 Å². The van der Waals surface area contributed by atoms with Crippen LogP contribution >= 0.6 is 0 Å². The highest BCUT2D eigenvalue weighted by Gasteiger charge is 2.24. The van der Waals surface area contributed by atoms with Gasteiger partial charge in [-0.1, -0.05) is 12.1 Å². The zero-order valence-corrected chi connectivity index (χ0v) is 13.1. The lowest BCUT2D eigenvalue weighted by atomic mass is 10.1. The van der Waals surface area contributed by atoms with Crippen molar-refractivity contribution in [2.45, 2.75) is 13.3 Å². The Morgan fingerprint density at radius 3 is 2.76 bits per heavy atom. The van der Waals surface area contributed by atoms with E-state index in [0.717, 1.165) is 42.9 Å². The van der Waals surface area contributed by atoms with Crippen LogP contribution in [-0.4, -0.2) is 44.6 Å². The average molecular weight is 288 g/mol. The number of ether oxygens (including phenoxy) is 1. The van der Waals surface area contributed by atoms with Crippen LogP contribution in [0.4, 0.5) is 0 Å². The number of amides is 1. The maximum atomic E-state index is 12.3. The molecule has 2 rings (SSSR count). The van der Waals surface area contributed by atoms with E-state index in [-0.39, 0.29) is 5.91 Å². The first-order valence-electron chi connectivity index (χ1n) is 7.40. The summed E-state index contributed by atoms with van der Waals surface area (Å²) in [5.74, 6) is 1.52. The Morgan fingerprint density at radius 2 is 2.14 bits per heavy atom. The minimum atomic E-state index is 0.113. The molecule has 4 heteroatoms. The van der Waals surface area contributed by atoms with E-state index < -0.39 is 0 Å². The molecule has 0 saturated carbocycles. The number of rotatable bonds is 5. The van der Waals surface area contributed by atoms with Crippen LogP contribution in [0.1, 0.15) is 18.9 Å². The largest absolute Gasteiger partial charge is 0.497 e. The highest BCUT2D eigenvalue weighted by Crippen LogP contribution is 2.20. The van der Waals surface area contributed by atoms with Crippen LogP contribution < -0.4 is 10.1 Å². The predicted octanol–water partition coefficient (Wildman–Crippen LogP) is 2.17. The average Bonchev–Trinajstić information content (AvgIpc) is 2.96. The first kappa shape index (κ1) is 15.6. The Bertz CT molecular complexity index is 508. The van der Waals surface area contributed by atoms with Gasteiger partial charge in [0.15, 0.2) is 0 Å². The van der Waals surface area contributed by atoms with Crippen molar-refractivity contribution in [1.82, 2.24) is 10.2 Å². The van der Waals surface area contributed by atoms with Gasteiger partial charge in [-0.2, -0.15) is 0 Å². The van der Waals surface area contributed by atoms with Crippen LogP contribution in [0.3, 0.4) is 0 Å². The number of carbonyl (C=O) groups excluding carboxylic acids is 1. The zero-order chi connectivity index (χ0) is 15.2. The van der Waals surface area contributed by atoms with Gasteiger partial charge in [0.1, 0.15) is 5.75 Å². The lowest BCUT2D eigenvalue weighted by Crippen LogP contribution is -2.29. The molecule has 1 saturated heterocycles. The van der Waals surface area contributed by atoms with Crippen molar-refractivity contribution < 1.29 is 9.53 Å². The Hall–Kier alpha value is -1.81. The summed E-state index contributed by atoms with van der Waals surface area (Å²) in [6.45, 7) is 4.66. The number of hydrogen-bond acceptors (Lipinski definition) is 3. The number of methoxy groups -OCH3 is 1. The first-order chi connectivity index (χ1) is 10.1. The Kier molecular flexibility index (Phi) is 5.39. The normalized spacial score (nSPS) is 18.9. The topological polar surface area (TPSA) is 41.6 Å². The first-order valence-corrected chi connectivity index (χ1v) is 7.40. The van der Waals surface area contributed by atoms with Crippen LogP contribution in [0, 0.1) is 5.92 Å². The molecule has 1 aliphatic rings. The van der Waals surface area contributed by atoms with Gasteiger partial charge in [0.05, 0.1) is 7.11 Å². The molecule has 0 radical (unpaired) electrons. The molecule has 0 bridgehead atoms. The second-order valence-electron chi connectivity index (χ2n) is 5.55. The summed E-state index contributed by atoms with van der Waals surface area (Å²) in [5, 5.41) is 3.18. The van der Waals surface area contributed by atoms with E-state index in [4.69, 9.17) is 4.74 Å². The van der Waals surface area contributed by atoms with Crippen LogP contribution in [0.5, 0.6) is 5.75 Å². The summed E-state index contributed by atoms with van der Waals surface area (Å²) in [6.07, 6.45) is 2.82. The van der Waals surface area contributed by atoms with Crippen molar-refractivity contribution >= 4 is 11.5 Å². The molecule has 21 heavy (non-hydrogen) atoms. The third kappa shape index (κ3) is 4.08. The monoisotopic (exact) mass is 288 g/mol. The zero-order valence-electron chi connectivity index (χ0n) is 13.1. The van der Waals surface area contributed by atoms with Crippen molar-refractivity contribution in [3.63, 3.8) is 0 Å². The molecular weight excluding hydrogens is 264 g/mol. The molecule has 1 unspecified atom stereocenters. The summed E-state index contributed by atoms with van der Waals surface area (Å²) in [6, 6.07) is 7.78. The summed E-state index contributed by atoms with van der Waals surface area (Å²) >= 11 is 0. The van der Waals surface area contributed by atoms with E-state index >= 15 is 0 Å². The second kappa shape index (κ2) is 7.27. The molecule has 4 nitrogen and oxygen atoms in total. The van der Waals surface area contributed by atoms with Crippen LogP contribution in [0.25, 0.3) is 5.57 Å². The molecule has 1 fully saturated rings. The van der Waals surface area contributed by atoms with Gasteiger partial charge in [0, 0.05) is 19.2 Å². The molecule has 0 aliphatic carbocycles. The SMILES string of the molecule is CNCC1CCN(C(=O)C=C(C)c2ccc(OC)cc2)C1. The van der Waals surface area contributed by atoms with Gasteiger partial charge >= 0.3 is 0 Å². The van der Waals surface area contributed by atoms with E-state index in [1.54, 1.807) is 13.2 Å². The molecule has 0 aromatic heterocycles. The van der Waals surface area contributed by atoms with Gasteiger partial charge in [0.25, 0.3) is 0 Å². The van der Waals surface area contributed by atoms with E-state index in [1.807, 2.05) is 43.1 Å². The Balaban J connectivity index is 1.99. The lowest BCUT2D eigenvalue weighted by molar-refractivity contribution is -0.125. The fourth-order valence-electron chi connectivity index (χ4n) is 2.70. The van der Waals surface area contributed by atoms with Gasteiger partial charge < -0.3 is 15.0 Å². The van der Waals surface area contributed by atoms with E-state index in [1.165, 1.54) is 0 Å². The fraction of sp³-hybridized carbons (Fsp3) is 0.471. The van der Waals surface area contributed by atoms with Gasteiger partial charge in [-0.25, -0.2) is 0 Å². The maximum Gasteiger partial charge on any atom is 0.246 e. The fourth-order valence-corrected chi connectivity index (χ4v) is 2.70. The smallest absolute Gasteiger partial charge is 0.246 e. The van der Waals surface area contributed by atoms with Crippen molar-refractivity contribution in [1.29, 1.82) is 0 Å². The highest BCUT2D eigenvalue weighted by atomic mass is 16.5. The molecule has 1 aliphatic heterocycles. The molecule has 1 aromatic carbocycles. The minimum Gasteiger partial charge on any atom is -0.497 e. The van der Waals surface area contributed by atoms with Crippen molar-refractivity contribution in [3.05, 3.63) is 35.9 Å². The summed E-state index contributed by atoms with van der Waals surface area (Å²) < 4.78 is 5.15. The number of benzene rings is 1. The molecule has 1 atom stereocenters. The number of carbonyl (C=O) groups is 1. The number of allylic oxidation sites excluding steroid dienone is 1. The van der Waals surface area contributed by atoms with Crippen LogP contribution in [-0.2, 0) is 4.79 Å². The van der Waals surface area contributed by atoms with Crippen LogP contribution in [0.2, 0.25) is 0 Å². The third-order valence-electron chi connectivity index (χ3n) is 3.98. The molecule has 1 amide bonds. The summed E-state index contributed by atoms with van der Waals surface area (Å²) in [5.41, 5.74) is 2.04. The molecule has 114 valence electrons. The Morgan fingerprint density at radius 1 is 1.43 bits per heavy atom. The molecular formula is C17H24N2O2. The lowest BCUT2D eigenvalue weighted by Gasteiger charge is -2.15. The van der Waals surface area contributed by atoms with Gasteiger partial charge in [-0.3, -0.25) is 4.79 Å². The third-order valence-corrected chi connectivity index (χ3v) is 3.98. The van der Waals surface area contributed by atoms with Crippen LogP contribution in [0.15, 0.2) is 30.3 Å². The number of likely N-dealkylation sites (tertiary alicyclic amines) is 1. The minimum absolute atomic E-state index is 0.113. The second-order valence-corrected chi connectivity index (χ2v) is 5.55. The quantitative estimate of drug-likeness (QED) is 0.844.